The van der Waals surface area contributed by atoms with Gasteiger partial charge in [-0.25, -0.2) is 0 Å². The minimum absolute atomic E-state index is 0.190. The molecule has 0 saturated heterocycles. The van der Waals surface area contributed by atoms with Gasteiger partial charge < -0.3 is 14.9 Å². The van der Waals surface area contributed by atoms with E-state index in [0.29, 0.717) is 5.56 Å². The minimum Gasteiger partial charge on any atom is -0.466 e. The fourth-order valence-electron chi connectivity index (χ4n) is 1.17. The Morgan fingerprint density at radius 3 is 2.87 bits per heavy atom. The fraction of sp³-hybridized carbons (Fsp3) is 0.500. The first kappa shape index (κ1) is 12.2. The van der Waals surface area contributed by atoms with Crippen LogP contribution in [0.3, 0.4) is 0 Å². The molecule has 2 unspecified atom stereocenters. The molecule has 1 aromatic heterocycles. The molecule has 15 heavy (non-hydrogen) atoms. The predicted molar refractivity (Wildman–Crippen MR) is 56.5 cm³/mol. The molecule has 0 saturated carbocycles. The molecule has 1 rings (SSSR count). The molecule has 0 bridgehead atoms. The monoisotopic (exact) mass is 230 g/mol. The Balaban J connectivity index is 2.46. The summed E-state index contributed by atoms with van der Waals surface area (Å²) >= 11 is 1.43. The second-order valence-corrected chi connectivity index (χ2v) is 3.86. The van der Waals surface area contributed by atoms with E-state index in [1.165, 1.54) is 11.3 Å². The van der Waals surface area contributed by atoms with Crippen molar-refractivity contribution in [2.24, 2.45) is 0 Å². The molecular formula is C10H14O4S. The molecule has 0 spiro atoms. The molecular weight excluding hydrogens is 216 g/mol. The van der Waals surface area contributed by atoms with Gasteiger partial charge in [-0.15, -0.1) is 0 Å². The summed E-state index contributed by atoms with van der Waals surface area (Å²) in [6.07, 6.45) is -2.33. The van der Waals surface area contributed by atoms with Gasteiger partial charge in [-0.1, -0.05) is 0 Å². The Bertz CT molecular complexity index is 296. The lowest BCUT2D eigenvalue weighted by Crippen LogP contribution is -2.22. The van der Waals surface area contributed by atoms with Crippen molar-refractivity contribution in [1.29, 1.82) is 0 Å². The molecule has 2 N–H and O–H groups in total. The maximum atomic E-state index is 11.0. The van der Waals surface area contributed by atoms with E-state index in [1.54, 1.807) is 23.8 Å². The van der Waals surface area contributed by atoms with Gasteiger partial charge in [-0.05, 0) is 29.3 Å². The normalized spacial score (nSPS) is 14.6. The number of aliphatic hydroxyl groups is 2. The van der Waals surface area contributed by atoms with Crippen LogP contribution < -0.4 is 0 Å². The maximum absolute atomic E-state index is 11.0. The molecule has 1 aromatic rings. The van der Waals surface area contributed by atoms with E-state index in [-0.39, 0.29) is 13.0 Å². The quantitative estimate of drug-likeness (QED) is 0.743. The van der Waals surface area contributed by atoms with E-state index < -0.39 is 18.2 Å². The van der Waals surface area contributed by atoms with Gasteiger partial charge in [-0.3, -0.25) is 4.79 Å². The van der Waals surface area contributed by atoms with Gasteiger partial charge in [0.15, 0.2) is 0 Å². The van der Waals surface area contributed by atoms with Crippen LogP contribution >= 0.6 is 11.3 Å². The Morgan fingerprint density at radius 1 is 1.60 bits per heavy atom. The molecule has 0 aliphatic heterocycles. The predicted octanol–water partition coefficient (Wildman–Crippen LogP) is 1.10. The maximum Gasteiger partial charge on any atom is 0.308 e. The zero-order valence-electron chi connectivity index (χ0n) is 8.42. The lowest BCUT2D eigenvalue weighted by molar-refractivity contribution is -0.147. The van der Waals surface area contributed by atoms with Crippen molar-refractivity contribution in [2.75, 3.05) is 6.61 Å². The number of aliphatic hydroxyl groups excluding tert-OH is 2. The Labute approximate surface area is 92.1 Å². The SMILES string of the molecule is CCOC(=O)CC(O)C(O)c1ccsc1. The third-order valence-corrected chi connectivity index (χ3v) is 2.63. The highest BCUT2D eigenvalue weighted by Crippen LogP contribution is 2.21. The van der Waals surface area contributed by atoms with Crippen LogP contribution in [0.25, 0.3) is 0 Å². The first-order chi connectivity index (χ1) is 7.15. The average Bonchev–Trinajstić information content (AvgIpc) is 2.69. The molecule has 0 aliphatic carbocycles. The van der Waals surface area contributed by atoms with Crippen molar-refractivity contribution in [3.8, 4) is 0 Å². The van der Waals surface area contributed by atoms with E-state index in [4.69, 9.17) is 0 Å². The molecule has 1 heterocycles. The lowest BCUT2D eigenvalue weighted by atomic mass is 10.1. The van der Waals surface area contributed by atoms with E-state index in [1.807, 2.05) is 0 Å². The molecule has 0 aromatic carbocycles. The van der Waals surface area contributed by atoms with Gasteiger partial charge in [0, 0.05) is 0 Å². The van der Waals surface area contributed by atoms with Crippen LogP contribution in [0.4, 0.5) is 0 Å². The van der Waals surface area contributed by atoms with Crippen molar-refractivity contribution >= 4 is 17.3 Å². The van der Waals surface area contributed by atoms with Crippen LogP contribution in [0, 0.1) is 0 Å². The zero-order valence-corrected chi connectivity index (χ0v) is 9.24. The van der Waals surface area contributed by atoms with Gasteiger partial charge in [0.25, 0.3) is 0 Å². The molecule has 0 amide bonds. The van der Waals surface area contributed by atoms with Crippen molar-refractivity contribution in [2.45, 2.75) is 25.6 Å². The number of rotatable bonds is 5. The molecule has 4 nitrogen and oxygen atoms in total. The smallest absolute Gasteiger partial charge is 0.308 e. The van der Waals surface area contributed by atoms with Gasteiger partial charge >= 0.3 is 5.97 Å². The number of hydrogen-bond donors (Lipinski definition) is 2. The molecule has 0 radical (unpaired) electrons. The summed E-state index contributed by atoms with van der Waals surface area (Å²) < 4.78 is 4.67. The summed E-state index contributed by atoms with van der Waals surface area (Å²) in [5.41, 5.74) is 0.622. The highest BCUT2D eigenvalue weighted by Gasteiger charge is 2.22. The van der Waals surface area contributed by atoms with Crippen molar-refractivity contribution in [3.63, 3.8) is 0 Å². The average molecular weight is 230 g/mol. The summed E-state index contributed by atoms with van der Waals surface area (Å²) in [6.45, 7) is 1.97. The number of carbonyl (C=O) groups excluding carboxylic acids is 1. The standard InChI is InChI=1S/C10H14O4S/c1-2-14-9(12)5-8(11)10(13)7-3-4-15-6-7/h3-4,6,8,10-11,13H,2,5H2,1H3. The summed E-state index contributed by atoms with van der Waals surface area (Å²) in [5, 5.41) is 22.7. The summed E-state index contributed by atoms with van der Waals surface area (Å²) in [5.74, 6) is -0.501. The number of ether oxygens (including phenoxy) is 1. The second kappa shape index (κ2) is 5.85. The molecule has 0 aliphatic rings. The van der Waals surface area contributed by atoms with Crippen LogP contribution in [-0.2, 0) is 9.53 Å². The van der Waals surface area contributed by atoms with E-state index >= 15 is 0 Å². The molecule has 2 atom stereocenters. The summed E-state index contributed by atoms with van der Waals surface area (Å²) in [7, 11) is 0. The van der Waals surface area contributed by atoms with Crippen molar-refractivity contribution in [3.05, 3.63) is 22.4 Å². The van der Waals surface area contributed by atoms with Crippen LogP contribution in [0.2, 0.25) is 0 Å². The third-order valence-electron chi connectivity index (χ3n) is 1.93. The molecule has 84 valence electrons. The molecule has 0 fully saturated rings. The first-order valence-electron chi connectivity index (χ1n) is 4.69. The summed E-state index contributed by atoms with van der Waals surface area (Å²) in [4.78, 5) is 11.0. The topological polar surface area (TPSA) is 66.8 Å². The van der Waals surface area contributed by atoms with Gasteiger partial charge in [0.1, 0.15) is 6.10 Å². The second-order valence-electron chi connectivity index (χ2n) is 3.08. The fourth-order valence-corrected chi connectivity index (χ4v) is 1.86. The van der Waals surface area contributed by atoms with E-state index in [9.17, 15) is 15.0 Å². The Kier molecular flexibility index (Phi) is 4.74. The van der Waals surface area contributed by atoms with E-state index in [0.717, 1.165) is 0 Å². The van der Waals surface area contributed by atoms with Crippen molar-refractivity contribution < 1.29 is 19.7 Å². The van der Waals surface area contributed by atoms with Crippen LogP contribution in [0.15, 0.2) is 16.8 Å². The highest BCUT2D eigenvalue weighted by atomic mass is 32.1. The summed E-state index contributed by atoms with van der Waals surface area (Å²) in [6, 6.07) is 1.71. The lowest BCUT2D eigenvalue weighted by Gasteiger charge is -2.15. The van der Waals surface area contributed by atoms with Crippen LogP contribution in [0.1, 0.15) is 25.0 Å². The third kappa shape index (κ3) is 3.62. The highest BCUT2D eigenvalue weighted by molar-refractivity contribution is 7.07. The van der Waals surface area contributed by atoms with Gasteiger partial charge in [-0.2, -0.15) is 11.3 Å². The number of carbonyl (C=O) groups is 1. The Morgan fingerprint density at radius 2 is 2.33 bits per heavy atom. The van der Waals surface area contributed by atoms with Crippen LogP contribution in [-0.4, -0.2) is 28.9 Å². The first-order valence-corrected chi connectivity index (χ1v) is 5.63. The number of esters is 1. The van der Waals surface area contributed by atoms with Crippen molar-refractivity contribution in [1.82, 2.24) is 0 Å². The number of thiophene rings is 1. The minimum atomic E-state index is -1.11. The molecule has 5 heteroatoms. The van der Waals surface area contributed by atoms with E-state index in [2.05, 4.69) is 4.74 Å². The largest absolute Gasteiger partial charge is 0.466 e. The number of hydrogen-bond acceptors (Lipinski definition) is 5. The Hall–Kier alpha value is -0.910. The van der Waals surface area contributed by atoms with Gasteiger partial charge in [0.05, 0.1) is 19.1 Å². The van der Waals surface area contributed by atoms with Crippen LogP contribution in [0.5, 0.6) is 0 Å². The zero-order chi connectivity index (χ0) is 11.3. The van der Waals surface area contributed by atoms with Gasteiger partial charge in [0.2, 0.25) is 0 Å².